The van der Waals surface area contributed by atoms with E-state index in [2.05, 4.69) is 39.0 Å². The van der Waals surface area contributed by atoms with Gasteiger partial charge in [-0.15, -0.1) is 0 Å². The Morgan fingerprint density at radius 3 is 0.818 bits per heavy atom. The molecule has 0 aliphatic rings. The summed E-state index contributed by atoms with van der Waals surface area (Å²) < 4.78 is 15.0. The fourth-order valence-electron chi connectivity index (χ4n) is 0.684. The van der Waals surface area contributed by atoms with Crippen LogP contribution in [-0.4, -0.2) is 13.6 Å². The number of benzene rings is 2. The van der Waals surface area contributed by atoms with Crippen LogP contribution in [0, 0.1) is 25.4 Å². The smallest absolute Gasteiger partial charge is 0.545 e. The summed E-state index contributed by atoms with van der Waals surface area (Å²) in [5.74, 6) is 0. The van der Waals surface area contributed by atoms with E-state index in [1.54, 1.807) is 0 Å². The van der Waals surface area contributed by atoms with Gasteiger partial charge in [-0.1, -0.05) is 0 Å². The van der Waals surface area contributed by atoms with E-state index in [4.69, 9.17) is 18.9 Å². The van der Waals surface area contributed by atoms with Crippen molar-refractivity contribution in [3.8, 4) is 0 Å². The van der Waals surface area contributed by atoms with Gasteiger partial charge in [0, 0.05) is 17.1 Å². The van der Waals surface area contributed by atoms with E-state index in [9.17, 15) is 0 Å². The van der Waals surface area contributed by atoms with Crippen molar-refractivity contribution in [3.63, 3.8) is 0 Å². The molecule has 6 heteroatoms. The van der Waals surface area contributed by atoms with Crippen LogP contribution in [0.2, 0.25) is 0 Å². The Morgan fingerprint density at radius 1 is 0.591 bits per heavy atom. The summed E-state index contributed by atoms with van der Waals surface area (Å²) in [5, 5.41) is 0. The average molecular weight is 380 g/mol. The molecule has 2 rings (SSSR count). The van der Waals surface area contributed by atoms with Gasteiger partial charge in [0.05, 0.1) is 0 Å². The zero-order valence-corrected chi connectivity index (χ0v) is 13.5. The second kappa shape index (κ2) is 60.9. The van der Waals surface area contributed by atoms with Crippen molar-refractivity contribution in [2.24, 2.45) is 0 Å². The summed E-state index contributed by atoms with van der Waals surface area (Å²) in [7, 11) is 0. The van der Waals surface area contributed by atoms with Crippen molar-refractivity contribution in [2.75, 3.05) is 0 Å². The van der Waals surface area contributed by atoms with Crippen LogP contribution in [0.3, 0.4) is 0 Å². The van der Waals surface area contributed by atoms with E-state index in [1.807, 2.05) is 60.7 Å². The Balaban J connectivity index is -0.0000000380. The Morgan fingerprint density at radius 2 is 0.773 bits per heavy atom. The van der Waals surface area contributed by atoms with Crippen LogP contribution in [0.15, 0.2) is 60.7 Å². The van der Waals surface area contributed by atoms with Crippen molar-refractivity contribution in [1.29, 1.82) is 0 Å². The summed E-state index contributed by atoms with van der Waals surface area (Å²) >= 11 is 0. The zero-order valence-electron chi connectivity index (χ0n) is 11.3. The van der Waals surface area contributed by atoms with E-state index in [0.717, 1.165) is 0 Å². The topological polar surface area (TPSA) is 73.9 Å². The molecule has 1 radical (unpaired) electrons. The molecule has 0 unspecified atom stereocenters. The van der Waals surface area contributed by atoms with Gasteiger partial charge in [-0.2, -0.15) is 72.8 Å². The molecule has 0 fully saturated rings. The number of hydrogen-bond donors (Lipinski definition) is 0. The molecule has 0 N–H and O–H groups in total. The second-order valence-electron chi connectivity index (χ2n) is 2.15. The molecule has 0 amide bonds. The minimum Gasteiger partial charge on any atom is -0.545 e. The van der Waals surface area contributed by atoms with Gasteiger partial charge in [0.15, 0.2) is 0 Å². The molecule has 117 valence electrons. The first-order valence-corrected chi connectivity index (χ1v) is 4.70. The van der Waals surface area contributed by atoms with Crippen LogP contribution >= 0.6 is 0 Å². The van der Waals surface area contributed by atoms with Gasteiger partial charge in [-0.3, -0.25) is 13.6 Å². The van der Waals surface area contributed by atoms with E-state index in [0.29, 0.717) is 0 Å². The zero-order chi connectivity index (χ0) is 16.5. The molecule has 2 aromatic rings. The summed E-state index contributed by atoms with van der Waals surface area (Å²) in [6.07, 6.45) is 0. The third-order valence-electron chi connectivity index (χ3n) is 1.21. The van der Waals surface area contributed by atoms with E-state index in [1.165, 1.54) is 0 Å². The summed E-state index contributed by atoms with van der Waals surface area (Å²) in [4.78, 5) is 15.5. The van der Waals surface area contributed by atoms with Gasteiger partial charge in [0.2, 0.25) is 0 Å². The Hall–Kier alpha value is -1.70. The van der Waals surface area contributed by atoms with Crippen LogP contribution in [0.5, 0.6) is 0 Å². The average Bonchev–Trinajstić information content (AvgIpc) is 2.65. The fraction of sp³-hybridized carbons (Fsp3) is 0. The number of hydrogen-bond acceptors (Lipinski definition) is 2. The van der Waals surface area contributed by atoms with Crippen LogP contribution in [0.4, 0.5) is 0 Å². The van der Waals surface area contributed by atoms with E-state index < -0.39 is 0 Å². The van der Waals surface area contributed by atoms with Gasteiger partial charge in [0.25, 0.3) is 0 Å². The van der Waals surface area contributed by atoms with Crippen LogP contribution in [0.1, 0.15) is 0 Å². The largest absolute Gasteiger partial charge is 3.00 e. The maximum Gasteiger partial charge on any atom is 3.00 e. The molecular formula is C16H12Fe2O4-. The summed E-state index contributed by atoms with van der Waals surface area (Å²) in [6.45, 7) is 15.5. The molecule has 0 saturated carbocycles. The Bertz CT molecular complexity index is 287. The van der Waals surface area contributed by atoms with Crippen LogP contribution in [-0.2, 0) is 53.0 Å². The van der Waals surface area contributed by atoms with Crippen molar-refractivity contribution in [1.82, 2.24) is 0 Å². The molecule has 0 aromatic heterocycles. The number of rotatable bonds is 0. The molecule has 0 atom stereocenters. The van der Waals surface area contributed by atoms with Gasteiger partial charge in [0.1, 0.15) is 0 Å². The molecule has 0 aliphatic carbocycles. The molecule has 0 aliphatic heterocycles. The fourth-order valence-corrected chi connectivity index (χ4v) is 0.684. The van der Waals surface area contributed by atoms with Gasteiger partial charge < -0.3 is 9.59 Å². The Labute approximate surface area is 152 Å². The predicted molar refractivity (Wildman–Crippen MR) is 71.9 cm³/mol. The van der Waals surface area contributed by atoms with Gasteiger partial charge in [-0.25, -0.2) is 0 Å². The first-order chi connectivity index (χ1) is 10.0. The number of carbonyl (C=O) groups excluding carboxylic acids is 2. The third kappa shape index (κ3) is 51.6. The van der Waals surface area contributed by atoms with Crippen molar-refractivity contribution in [2.45, 2.75) is 0 Å². The predicted octanol–water partition coefficient (Wildman–Crippen LogP) is 2.35. The SMILES string of the molecule is [C-]#[O+].[C-]#[O+].[CH-]=O.[CH-]=O.[Fe+3].[Fe].[c-]1ccccc1.[c-]1ccccc1. The molecule has 2 aromatic carbocycles. The third-order valence-corrected chi connectivity index (χ3v) is 1.21. The molecule has 0 spiro atoms. The van der Waals surface area contributed by atoms with Crippen molar-refractivity contribution < 1.29 is 53.0 Å². The quantitative estimate of drug-likeness (QED) is 0.305. The minimum absolute atomic E-state index is 0. The van der Waals surface area contributed by atoms with Crippen LogP contribution in [0.25, 0.3) is 0 Å². The standard InChI is InChI=1S/2C6H5.2CHO.2CO.2Fe/c2*1-2-4-6-5-3-1;4*1-2;;/h2*1-5H;2*1H;;;;/q4*-1;;;;+3. The molecular weight excluding hydrogens is 368 g/mol. The normalized spacial score (nSPS) is 4.91. The Kier molecular flexibility index (Phi) is 102. The van der Waals surface area contributed by atoms with Crippen molar-refractivity contribution >= 4 is 13.6 Å². The maximum atomic E-state index is 7.75. The van der Waals surface area contributed by atoms with Crippen LogP contribution < -0.4 is 0 Å². The first kappa shape index (κ1) is 37.0. The molecule has 4 nitrogen and oxygen atoms in total. The monoisotopic (exact) mass is 380 g/mol. The maximum absolute atomic E-state index is 7.75. The van der Waals surface area contributed by atoms with E-state index in [-0.39, 0.29) is 34.1 Å². The second-order valence-corrected chi connectivity index (χ2v) is 2.15. The minimum atomic E-state index is 0. The summed E-state index contributed by atoms with van der Waals surface area (Å²) in [6, 6.07) is 25.0. The van der Waals surface area contributed by atoms with Crippen molar-refractivity contribution in [3.05, 3.63) is 86.1 Å². The molecule has 0 saturated heterocycles. The molecule has 0 heterocycles. The van der Waals surface area contributed by atoms with Gasteiger partial charge in [-0.05, 0) is 0 Å². The van der Waals surface area contributed by atoms with Gasteiger partial charge >= 0.3 is 39.7 Å². The molecule has 22 heavy (non-hydrogen) atoms. The van der Waals surface area contributed by atoms with E-state index >= 15 is 0 Å². The molecule has 0 bridgehead atoms. The summed E-state index contributed by atoms with van der Waals surface area (Å²) in [5.41, 5.74) is 0. The first-order valence-electron chi connectivity index (χ1n) is 4.70.